The van der Waals surface area contributed by atoms with Gasteiger partial charge in [0.25, 0.3) is 0 Å². The Hall–Kier alpha value is -1.10. The van der Waals surface area contributed by atoms with Gasteiger partial charge < -0.3 is 14.6 Å². The van der Waals surface area contributed by atoms with Gasteiger partial charge in [0.1, 0.15) is 6.10 Å². The first-order valence-corrected chi connectivity index (χ1v) is 13.0. The summed E-state index contributed by atoms with van der Waals surface area (Å²) in [7, 11) is 1.47. The SMILES string of the molecule is COC(=O)CC[C@@H](C)[C@@H]1CC[C@@H]2[C@@H]3[C@@H](CC[C@@]21C)[C@@]1(C)CC[C@H](O)C[C@@H]1C[C@H]3OC(C)=O. The fourth-order valence-electron chi connectivity index (χ4n) is 9.13. The summed E-state index contributed by atoms with van der Waals surface area (Å²) in [6, 6.07) is 0. The predicted molar refractivity (Wildman–Crippen MR) is 123 cm³/mol. The summed E-state index contributed by atoms with van der Waals surface area (Å²) < 4.78 is 10.9. The van der Waals surface area contributed by atoms with Crippen LogP contribution in [0, 0.1) is 46.3 Å². The first-order chi connectivity index (χ1) is 15.1. The molecule has 0 radical (unpaired) electrons. The van der Waals surface area contributed by atoms with Crippen molar-refractivity contribution in [2.75, 3.05) is 7.11 Å². The molecule has 10 atom stereocenters. The smallest absolute Gasteiger partial charge is 0.305 e. The van der Waals surface area contributed by atoms with Crippen LogP contribution in [0.25, 0.3) is 0 Å². The van der Waals surface area contributed by atoms with E-state index in [0.717, 1.165) is 32.1 Å². The van der Waals surface area contributed by atoms with Crippen LogP contribution in [0.1, 0.15) is 91.9 Å². The zero-order valence-electron chi connectivity index (χ0n) is 20.8. The molecule has 182 valence electrons. The molecule has 0 aromatic carbocycles. The van der Waals surface area contributed by atoms with Gasteiger partial charge in [-0.05, 0) is 98.2 Å². The van der Waals surface area contributed by atoms with E-state index in [1.807, 2.05) is 0 Å². The van der Waals surface area contributed by atoms with Crippen molar-refractivity contribution in [2.45, 2.75) is 104 Å². The van der Waals surface area contributed by atoms with E-state index >= 15 is 0 Å². The molecule has 32 heavy (non-hydrogen) atoms. The molecule has 0 aliphatic heterocycles. The van der Waals surface area contributed by atoms with Gasteiger partial charge in [-0.1, -0.05) is 20.8 Å². The molecule has 0 heterocycles. The average Bonchev–Trinajstić information content (AvgIpc) is 3.09. The third-order valence-electron chi connectivity index (χ3n) is 10.7. The monoisotopic (exact) mass is 448 g/mol. The van der Waals surface area contributed by atoms with Crippen molar-refractivity contribution in [1.82, 2.24) is 0 Å². The standard InChI is InChI=1S/C27H44O5/c1-16(6-9-24(30)31-5)20-7-8-21-25-22(11-13-27(20,21)4)26(3)12-10-19(29)14-18(26)15-23(25)32-17(2)28/h16,18-23,25,29H,6-15H2,1-5H3/t16-,18-,19+,20+,21-,22-,23-,25-,26+,27-/m1/s1. The summed E-state index contributed by atoms with van der Waals surface area (Å²) in [4.78, 5) is 23.8. The van der Waals surface area contributed by atoms with Crippen LogP contribution < -0.4 is 0 Å². The molecule has 4 saturated carbocycles. The van der Waals surface area contributed by atoms with E-state index in [2.05, 4.69) is 20.8 Å². The van der Waals surface area contributed by atoms with Gasteiger partial charge in [-0.25, -0.2) is 0 Å². The number of carbonyl (C=O) groups is 2. The molecule has 0 bridgehead atoms. The fraction of sp³-hybridized carbons (Fsp3) is 0.926. The third-order valence-corrected chi connectivity index (χ3v) is 10.7. The highest BCUT2D eigenvalue weighted by Crippen LogP contribution is 2.68. The molecule has 0 unspecified atom stereocenters. The predicted octanol–water partition coefficient (Wildman–Crippen LogP) is 5.14. The fourth-order valence-corrected chi connectivity index (χ4v) is 9.13. The molecule has 4 aliphatic carbocycles. The van der Waals surface area contributed by atoms with Gasteiger partial charge in [0, 0.05) is 19.3 Å². The molecule has 1 N–H and O–H groups in total. The first-order valence-electron chi connectivity index (χ1n) is 13.0. The van der Waals surface area contributed by atoms with Gasteiger partial charge in [-0.2, -0.15) is 0 Å². The number of hydrogen-bond donors (Lipinski definition) is 1. The Balaban J connectivity index is 1.59. The number of ether oxygens (including phenoxy) is 2. The minimum atomic E-state index is -0.206. The van der Waals surface area contributed by atoms with Crippen molar-refractivity contribution in [2.24, 2.45) is 46.3 Å². The number of carbonyl (C=O) groups excluding carboxylic acids is 2. The molecule has 0 aromatic rings. The lowest BCUT2D eigenvalue weighted by Gasteiger charge is -2.62. The molecule has 4 fully saturated rings. The van der Waals surface area contributed by atoms with Crippen LogP contribution in [-0.4, -0.2) is 36.4 Å². The van der Waals surface area contributed by atoms with Crippen LogP contribution in [0.2, 0.25) is 0 Å². The Morgan fingerprint density at radius 3 is 2.41 bits per heavy atom. The van der Waals surface area contributed by atoms with Gasteiger partial charge in [-0.3, -0.25) is 9.59 Å². The Morgan fingerprint density at radius 2 is 1.72 bits per heavy atom. The van der Waals surface area contributed by atoms with Gasteiger partial charge in [0.2, 0.25) is 0 Å². The van der Waals surface area contributed by atoms with Crippen LogP contribution in [0.3, 0.4) is 0 Å². The van der Waals surface area contributed by atoms with E-state index in [0.29, 0.717) is 41.9 Å². The maximum absolute atomic E-state index is 12.1. The average molecular weight is 449 g/mol. The van der Waals surface area contributed by atoms with Gasteiger partial charge >= 0.3 is 11.9 Å². The highest BCUT2D eigenvalue weighted by Gasteiger charge is 2.63. The van der Waals surface area contributed by atoms with Crippen molar-refractivity contribution < 1.29 is 24.2 Å². The van der Waals surface area contributed by atoms with E-state index in [1.165, 1.54) is 32.8 Å². The minimum absolute atomic E-state index is 0.0189. The van der Waals surface area contributed by atoms with Crippen molar-refractivity contribution in [3.63, 3.8) is 0 Å². The molecular formula is C27H44O5. The molecule has 0 spiro atoms. The lowest BCUT2D eigenvalue weighted by molar-refractivity contribution is -0.194. The van der Waals surface area contributed by atoms with Crippen molar-refractivity contribution in [3.05, 3.63) is 0 Å². The second kappa shape index (κ2) is 8.92. The van der Waals surface area contributed by atoms with E-state index in [1.54, 1.807) is 6.92 Å². The quantitative estimate of drug-likeness (QED) is 0.590. The van der Waals surface area contributed by atoms with Crippen LogP contribution >= 0.6 is 0 Å². The van der Waals surface area contributed by atoms with Crippen LogP contribution in [0.4, 0.5) is 0 Å². The van der Waals surface area contributed by atoms with Crippen molar-refractivity contribution in [1.29, 1.82) is 0 Å². The second-order valence-electron chi connectivity index (χ2n) is 12.1. The lowest BCUT2D eigenvalue weighted by atomic mass is 9.43. The van der Waals surface area contributed by atoms with E-state index < -0.39 is 0 Å². The molecule has 4 rings (SSSR count). The van der Waals surface area contributed by atoms with Gasteiger partial charge in [0.15, 0.2) is 0 Å². The summed E-state index contributed by atoms with van der Waals surface area (Å²) >= 11 is 0. The summed E-state index contributed by atoms with van der Waals surface area (Å²) in [5.41, 5.74) is 0.489. The maximum atomic E-state index is 12.1. The summed E-state index contributed by atoms with van der Waals surface area (Å²) in [5, 5.41) is 10.4. The first kappa shape index (κ1) is 24.0. The molecule has 0 amide bonds. The summed E-state index contributed by atoms with van der Waals surface area (Å²) in [6.45, 7) is 8.83. The second-order valence-corrected chi connectivity index (χ2v) is 12.1. The third kappa shape index (κ3) is 4.01. The van der Waals surface area contributed by atoms with E-state index in [4.69, 9.17) is 9.47 Å². The number of aliphatic hydroxyl groups is 1. The highest BCUT2D eigenvalue weighted by molar-refractivity contribution is 5.69. The highest BCUT2D eigenvalue weighted by atomic mass is 16.5. The zero-order chi connectivity index (χ0) is 23.3. The topological polar surface area (TPSA) is 72.8 Å². The molecule has 5 nitrogen and oxygen atoms in total. The van der Waals surface area contributed by atoms with Crippen LogP contribution in [-0.2, 0) is 19.1 Å². The minimum Gasteiger partial charge on any atom is -0.469 e. The number of rotatable bonds is 5. The lowest BCUT2D eigenvalue weighted by Crippen LogP contribution is -2.59. The maximum Gasteiger partial charge on any atom is 0.305 e. The largest absolute Gasteiger partial charge is 0.469 e. The van der Waals surface area contributed by atoms with E-state index in [9.17, 15) is 14.7 Å². The Bertz CT molecular complexity index is 721. The van der Waals surface area contributed by atoms with Crippen LogP contribution in [0.5, 0.6) is 0 Å². The number of hydrogen-bond acceptors (Lipinski definition) is 5. The van der Waals surface area contributed by atoms with E-state index in [-0.39, 0.29) is 35.0 Å². The summed E-state index contributed by atoms with van der Waals surface area (Å²) in [5.74, 6) is 2.83. The molecular weight excluding hydrogens is 404 g/mol. The Morgan fingerprint density at radius 1 is 1.03 bits per heavy atom. The van der Waals surface area contributed by atoms with Crippen molar-refractivity contribution >= 4 is 11.9 Å². The number of aliphatic hydroxyl groups excluding tert-OH is 1. The van der Waals surface area contributed by atoms with Gasteiger partial charge in [-0.15, -0.1) is 0 Å². The van der Waals surface area contributed by atoms with Crippen molar-refractivity contribution in [3.8, 4) is 0 Å². The molecule has 5 heteroatoms. The number of fused-ring (bicyclic) bond motifs is 5. The zero-order valence-corrected chi connectivity index (χ0v) is 20.8. The normalized spacial score (nSPS) is 46.4. The summed E-state index contributed by atoms with van der Waals surface area (Å²) in [6.07, 6.45) is 9.75. The van der Waals surface area contributed by atoms with Crippen LogP contribution in [0.15, 0.2) is 0 Å². The number of esters is 2. The Kier molecular flexibility index (Phi) is 6.70. The van der Waals surface area contributed by atoms with Gasteiger partial charge in [0.05, 0.1) is 13.2 Å². The number of methoxy groups -OCH3 is 1. The molecule has 0 aromatic heterocycles. The molecule has 4 aliphatic rings. The molecule has 0 saturated heterocycles. The Labute approximate surface area is 194 Å².